The third kappa shape index (κ3) is 99.6. The van der Waals surface area contributed by atoms with Crippen LogP contribution in [0.5, 0.6) is 5.75 Å². The molecule has 2 heteroatoms. The quantitative estimate of drug-likeness (QED) is 0.267. The van der Waals surface area contributed by atoms with Gasteiger partial charge in [-0.2, -0.15) is 0 Å². The Morgan fingerprint density at radius 1 is 0.422 bits per heavy atom. The normalized spacial score (nSPS) is 9.20. The number of hydrogen-bond acceptors (Lipinski definition) is 2. The van der Waals surface area contributed by atoms with Gasteiger partial charge in [0, 0.05) is 0 Å². The molecular formula is C43H86O2. The van der Waals surface area contributed by atoms with Crippen LogP contribution in [-0.4, -0.2) is 19.3 Å². The van der Waals surface area contributed by atoms with Crippen LogP contribution in [-0.2, 0) is 4.74 Å². The molecule has 0 N–H and O–H groups in total. The molecular weight excluding hydrogens is 548 g/mol. The lowest BCUT2D eigenvalue weighted by Crippen LogP contribution is -2.03. The lowest BCUT2D eigenvalue weighted by atomic mass is 10.3. The molecule has 270 valence electrons. The summed E-state index contributed by atoms with van der Waals surface area (Å²) in [4.78, 5) is 0. The number of ether oxygens (including phenoxy) is 2. The van der Waals surface area contributed by atoms with Crippen LogP contribution in [0.4, 0.5) is 0 Å². The smallest absolute Gasteiger partial charge is 0.119 e. The molecule has 1 unspecified atom stereocenters. The van der Waals surface area contributed by atoms with E-state index in [2.05, 4.69) is 27.7 Å². The summed E-state index contributed by atoms with van der Waals surface area (Å²) in [7, 11) is 0. The van der Waals surface area contributed by atoms with Crippen molar-refractivity contribution in [1.29, 1.82) is 0 Å². The van der Waals surface area contributed by atoms with Crippen LogP contribution in [0.25, 0.3) is 0 Å². The first kappa shape index (κ1) is 65.2. The van der Waals surface area contributed by atoms with Gasteiger partial charge in [-0.3, -0.25) is 0 Å². The lowest BCUT2D eigenvalue weighted by molar-refractivity contribution is 0.263. The monoisotopic (exact) mass is 635 g/mol. The van der Waals surface area contributed by atoms with Crippen LogP contribution in [0.2, 0.25) is 0 Å². The summed E-state index contributed by atoms with van der Waals surface area (Å²) in [5.41, 5.74) is 0. The Kier molecular flexibility index (Phi) is 140. The first-order chi connectivity index (χ1) is 22.3. The van der Waals surface area contributed by atoms with Gasteiger partial charge in [0.05, 0.1) is 6.61 Å². The maximum Gasteiger partial charge on any atom is 0.119 e. The molecule has 1 heterocycles. The van der Waals surface area contributed by atoms with Crippen LogP contribution in [0.15, 0.2) is 103 Å². The van der Waals surface area contributed by atoms with E-state index >= 15 is 0 Å². The van der Waals surface area contributed by atoms with Gasteiger partial charge in [-0.15, -0.1) is 0 Å². The fraction of sp³-hybridized carbons (Fsp3) is 0.581. The number of para-hydroxylation sites is 1. The van der Waals surface area contributed by atoms with Gasteiger partial charge in [0.2, 0.25) is 0 Å². The largest absolute Gasteiger partial charge is 0.491 e. The second-order valence-electron chi connectivity index (χ2n) is 6.30. The maximum absolute atomic E-state index is 5.40. The Balaban J connectivity index is -0.0000000484. The molecule has 0 radical (unpaired) electrons. The van der Waals surface area contributed by atoms with Crippen molar-refractivity contribution in [2.45, 2.75) is 157 Å². The zero-order valence-electron chi connectivity index (χ0n) is 34.5. The first-order valence-electron chi connectivity index (χ1n) is 18.6. The molecule has 1 atom stereocenters. The van der Waals surface area contributed by atoms with Gasteiger partial charge < -0.3 is 9.47 Å². The Morgan fingerprint density at radius 2 is 0.600 bits per heavy atom. The van der Waals surface area contributed by atoms with Gasteiger partial charge in [-0.25, -0.2) is 0 Å². The highest BCUT2D eigenvalue weighted by atomic mass is 16.6. The molecule has 0 aromatic heterocycles. The van der Waals surface area contributed by atoms with Crippen molar-refractivity contribution in [3.63, 3.8) is 0 Å². The van der Waals surface area contributed by atoms with E-state index in [-0.39, 0.29) is 0 Å². The van der Waals surface area contributed by atoms with E-state index in [0.29, 0.717) is 12.7 Å². The Hall–Kier alpha value is -2.58. The van der Waals surface area contributed by atoms with Crippen molar-refractivity contribution in [3.05, 3.63) is 103 Å². The molecule has 3 aromatic rings. The average molecular weight is 635 g/mol. The highest BCUT2D eigenvalue weighted by Crippen LogP contribution is 2.13. The van der Waals surface area contributed by atoms with Crippen molar-refractivity contribution in [2.24, 2.45) is 0 Å². The molecule has 1 aliphatic heterocycles. The summed E-state index contributed by atoms with van der Waals surface area (Å²) in [5, 5.41) is 0. The molecule has 2 nitrogen and oxygen atoms in total. The standard InChI is InChI=1S/C9H10O2.2C6H6.2C3H8.8C2H6/c1-2-4-8(5-3-1)10-6-9-7-11-9;2*1-2-4-6-5-3-1;2*1-3-2;8*1-2/h1-5,9H,6-7H2;2*1-6H;2*3H2,1-2H3;8*1-2H3. The Labute approximate surface area is 288 Å². The molecule has 1 saturated heterocycles. The van der Waals surface area contributed by atoms with Gasteiger partial charge in [0.25, 0.3) is 0 Å². The van der Waals surface area contributed by atoms with E-state index in [1.165, 1.54) is 12.8 Å². The molecule has 0 saturated carbocycles. The third-order valence-electron chi connectivity index (χ3n) is 2.91. The molecule has 45 heavy (non-hydrogen) atoms. The maximum atomic E-state index is 5.40. The molecule has 0 aliphatic carbocycles. The fourth-order valence-corrected chi connectivity index (χ4v) is 1.64. The molecule has 0 bridgehead atoms. The highest BCUT2D eigenvalue weighted by molar-refractivity contribution is 5.20. The van der Waals surface area contributed by atoms with Gasteiger partial charge >= 0.3 is 0 Å². The van der Waals surface area contributed by atoms with Crippen molar-refractivity contribution in [1.82, 2.24) is 0 Å². The van der Waals surface area contributed by atoms with E-state index in [1.54, 1.807) is 0 Å². The van der Waals surface area contributed by atoms with E-state index in [4.69, 9.17) is 9.47 Å². The topological polar surface area (TPSA) is 21.8 Å². The molecule has 1 fully saturated rings. The lowest BCUT2D eigenvalue weighted by Gasteiger charge is -2.01. The van der Waals surface area contributed by atoms with E-state index < -0.39 is 0 Å². The zero-order valence-corrected chi connectivity index (χ0v) is 34.5. The third-order valence-corrected chi connectivity index (χ3v) is 2.91. The van der Waals surface area contributed by atoms with Crippen LogP contribution in [0, 0.1) is 0 Å². The predicted molar refractivity (Wildman–Crippen MR) is 217 cm³/mol. The van der Waals surface area contributed by atoms with E-state index in [0.717, 1.165) is 12.4 Å². The summed E-state index contributed by atoms with van der Waals surface area (Å²) in [5.74, 6) is 0.919. The van der Waals surface area contributed by atoms with Crippen molar-refractivity contribution < 1.29 is 9.47 Å². The van der Waals surface area contributed by atoms with Gasteiger partial charge in [-0.1, -0.05) is 242 Å². The van der Waals surface area contributed by atoms with E-state index in [9.17, 15) is 0 Å². The van der Waals surface area contributed by atoms with Gasteiger partial charge in [0.15, 0.2) is 0 Å². The van der Waals surface area contributed by atoms with Gasteiger partial charge in [0.1, 0.15) is 18.5 Å². The number of rotatable bonds is 3. The molecule has 3 aromatic carbocycles. The second-order valence-corrected chi connectivity index (χ2v) is 6.30. The van der Waals surface area contributed by atoms with Gasteiger partial charge in [-0.05, 0) is 12.1 Å². The molecule has 4 rings (SSSR count). The molecule has 0 amide bonds. The number of epoxide rings is 1. The fourth-order valence-electron chi connectivity index (χ4n) is 1.64. The highest BCUT2D eigenvalue weighted by Gasteiger charge is 2.22. The van der Waals surface area contributed by atoms with Crippen LogP contribution < -0.4 is 4.74 Å². The summed E-state index contributed by atoms with van der Waals surface area (Å²) < 4.78 is 10.4. The Morgan fingerprint density at radius 3 is 0.778 bits per heavy atom. The minimum Gasteiger partial charge on any atom is -0.491 e. The van der Waals surface area contributed by atoms with Crippen LogP contribution in [0.1, 0.15) is 151 Å². The van der Waals surface area contributed by atoms with Crippen molar-refractivity contribution >= 4 is 0 Å². The first-order valence-corrected chi connectivity index (χ1v) is 18.6. The minimum atomic E-state index is 0.343. The molecule has 1 aliphatic rings. The van der Waals surface area contributed by atoms with Crippen molar-refractivity contribution in [2.75, 3.05) is 13.2 Å². The zero-order chi connectivity index (χ0) is 37.4. The summed E-state index contributed by atoms with van der Waals surface area (Å²) in [6.45, 7) is 42.0. The minimum absolute atomic E-state index is 0.343. The van der Waals surface area contributed by atoms with Crippen molar-refractivity contribution in [3.8, 4) is 5.75 Å². The SMILES string of the molecule is CC.CC.CC.CC.CC.CC.CC.CC.CCC.CCC.c1ccc(OCC2CO2)cc1.c1ccccc1.c1ccccc1. The summed E-state index contributed by atoms with van der Waals surface area (Å²) in [6, 6.07) is 33.8. The summed E-state index contributed by atoms with van der Waals surface area (Å²) in [6.07, 6.45) is 2.84. The predicted octanol–water partition coefficient (Wildman–Crippen LogP) is 15.9. The average Bonchev–Trinajstić information content (AvgIpc) is 4.02. The van der Waals surface area contributed by atoms with E-state index in [1.807, 2.05) is 214 Å². The summed E-state index contributed by atoms with van der Waals surface area (Å²) >= 11 is 0. The number of benzene rings is 3. The molecule has 0 spiro atoms. The Bertz CT molecular complexity index is 537. The second kappa shape index (κ2) is 96.9. The number of hydrogen-bond donors (Lipinski definition) is 0. The van der Waals surface area contributed by atoms with Crippen LogP contribution >= 0.6 is 0 Å². The van der Waals surface area contributed by atoms with Crippen LogP contribution in [0.3, 0.4) is 0 Å².